The average molecular weight is 320 g/mol. The second-order valence-electron chi connectivity index (χ2n) is 5.45. The van der Waals surface area contributed by atoms with Gasteiger partial charge in [0, 0.05) is 10.9 Å². The number of halogens is 1. The van der Waals surface area contributed by atoms with Crippen LogP contribution in [0.4, 0.5) is 4.39 Å². The summed E-state index contributed by atoms with van der Waals surface area (Å²) in [5.41, 5.74) is 0.658. The van der Waals surface area contributed by atoms with E-state index < -0.39 is 6.10 Å². The summed E-state index contributed by atoms with van der Waals surface area (Å²) in [6, 6.07) is 6.14. The largest absolute Gasteiger partial charge is 0.391 e. The molecule has 1 aliphatic rings. The lowest BCUT2D eigenvalue weighted by Gasteiger charge is -2.27. The van der Waals surface area contributed by atoms with Gasteiger partial charge in [0.15, 0.2) is 0 Å². The molecular formula is C16H17FN2O2S. The van der Waals surface area contributed by atoms with Crippen molar-refractivity contribution >= 4 is 17.2 Å². The molecule has 1 amide bonds. The van der Waals surface area contributed by atoms with Crippen LogP contribution in [0.25, 0.3) is 10.6 Å². The molecule has 4 nitrogen and oxygen atoms in total. The second-order valence-corrected chi connectivity index (χ2v) is 6.31. The molecule has 0 aliphatic heterocycles. The van der Waals surface area contributed by atoms with E-state index in [1.165, 1.54) is 17.4 Å². The molecule has 2 atom stereocenters. The number of aliphatic hydroxyl groups is 1. The number of aromatic nitrogens is 1. The van der Waals surface area contributed by atoms with Gasteiger partial charge in [-0.1, -0.05) is 25.0 Å². The fourth-order valence-corrected chi connectivity index (χ4v) is 3.48. The maximum Gasteiger partial charge on any atom is 0.271 e. The molecule has 116 valence electrons. The van der Waals surface area contributed by atoms with Crippen molar-refractivity contribution in [3.05, 3.63) is 41.2 Å². The monoisotopic (exact) mass is 320 g/mol. The molecule has 6 heteroatoms. The molecule has 0 saturated heterocycles. The number of rotatable bonds is 3. The van der Waals surface area contributed by atoms with Crippen molar-refractivity contribution < 1.29 is 14.3 Å². The third kappa shape index (κ3) is 3.18. The van der Waals surface area contributed by atoms with Crippen LogP contribution >= 0.6 is 11.3 Å². The first-order chi connectivity index (χ1) is 10.6. The number of hydrogen-bond acceptors (Lipinski definition) is 4. The Hall–Kier alpha value is -1.79. The number of benzene rings is 1. The summed E-state index contributed by atoms with van der Waals surface area (Å²) in [6.07, 6.45) is 2.98. The number of aliphatic hydroxyl groups excluding tert-OH is 1. The molecule has 2 aromatic rings. The van der Waals surface area contributed by atoms with Crippen LogP contribution in [0.15, 0.2) is 29.6 Å². The van der Waals surface area contributed by atoms with Crippen LogP contribution in [0.5, 0.6) is 0 Å². The van der Waals surface area contributed by atoms with Gasteiger partial charge in [-0.2, -0.15) is 0 Å². The van der Waals surface area contributed by atoms with E-state index in [9.17, 15) is 14.3 Å². The minimum absolute atomic E-state index is 0.222. The molecule has 1 aromatic carbocycles. The Morgan fingerprint density at radius 2 is 2.09 bits per heavy atom. The summed E-state index contributed by atoms with van der Waals surface area (Å²) in [5.74, 6) is -0.670. The highest BCUT2D eigenvalue weighted by Gasteiger charge is 2.25. The van der Waals surface area contributed by atoms with Gasteiger partial charge in [-0.25, -0.2) is 9.37 Å². The van der Waals surface area contributed by atoms with Crippen molar-refractivity contribution in [3.8, 4) is 10.6 Å². The fraction of sp³-hybridized carbons (Fsp3) is 0.375. The molecule has 0 bridgehead atoms. The minimum Gasteiger partial charge on any atom is -0.391 e. The van der Waals surface area contributed by atoms with Gasteiger partial charge in [0.1, 0.15) is 16.5 Å². The van der Waals surface area contributed by atoms with E-state index in [4.69, 9.17) is 0 Å². The molecule has 1 aromatic heterocycles. The molecule has 0 radical (unpaired) electrons. The molecule has 1 saturated carbocycles. The van der Waals surface area contributed by atoms with Crippen LogP contribution in [-0.2, 0) is 0 Å². The average Bonchev–Trinajstić information content (AvgIpc) is 3.00. The Morgan fingerprint density at radius 3 is 2.86 bits per heavy atom. The summed E-state index contributed by atoms with van der Waals surface area (Å²) in [4.78, 5) is 16.4. The standard InChI is InChI=1S/C16H17FN2O2S/c17-11-6-2-1-5-10(11)16-19-13(9-22-16)15(21)18-12-7-3-4-8-14(12)20/h1-2,5-6,9,12,14,20H,3-4,7-8H2,(H,18,21). The highest BCUT2D eigenvalue weighted by atomic mass is 32.1. The molecule has 2 unspecified atom stereocenters. The summed E-state index contributed by atoms with van der Waals surface area (Å²) in [6.45, 7) is 0. The van der Waals surface area contributed by atoms with E-state index in [1.807, 2.05) is 0 Å². The Kier molecular flexibility index (Phi) is 4.49. The molecule has 1 fully saturated rings. The number of carbonyl (C=O) groups is 1. The zero-order chi connectivity index (χ0) is 15.5. The molecule has 2 N–H and O–H groups in total. The third-order valence-corrected chi connectivity index (χ3v) is 4.76. The molecule has 0 spiro atoms. The summed E-state index contributed by atoms with van der Waals surface area (Å²) >= 11 is 1.23. The Morgan fingerprint density at radius 1 is 1.32 bits per heavy atom. The van der Waals surface area contributed by atoms with E-state index in [1.54, 1.807) is 23.6 Å². The van der Waals surface area contributed by atoms with Crippen molar-refractivity contribution in [2.75, 3.05) is 0 Å². The summed E-state index contributed by atoms with van der Waals surface area (Å²) in [5, 5.41) is 14.8. The number of carbonyl (C=O) groups excluding carboxylic acids is 1. The zero-order valence-corrected chi connectivity index (χ0v) is 12.8. The van der Waals surface area contributed by atoms with E-state index in [-0.39, 0.29) is 23.5 Å². The van der Waals surface area contributed by atoms with Crippen LogP contribution in [-0.4, -0.2) is 28.1 Å². The maximum absolute atomic E-state index is 13.7. The van der Waals surface area contributed by atoms with Gasteiger partial charge < -0.3 is 10.4 Å². The predicted octanol–water partition coefficient (Wildman–Crippen LogP) is 2.98. The Bertz CT molecular complexity index is 674. The van der Waals surface area contributed by atoms with Crippen LogP contribution < -0.4 is 5.32 Å². The van der Waals surface area contributed by atoms with Gasteiger partial charge in [0.05, 0.1) is 12.1 Å². The predicted molar refractivity (Wildman–Crippen MR) is 83.2 cm³/mol. The van der Waals surface area contributed by atoms with Gasteiger partial charge >= 0.3 is 0 Å². The van der Waals surface area contributed by atoms with Crippen LogP contribution in [0.3, 0.4) is 0 Å². The number of nitrogens with one attached hydrogen (secondary N) is 1. The lowest BCUT2D eigenvalue weighted by atomic mass is 9.92. The van der Waals surface area contributed by atoms with Crippen molar-refractivity contribution in [2.24, 2.45) is 0 Å². The molecule has 1 aliphatic carbocycles. The van der Waals surface area contributed by atoms with Gasteiger partial charge in [0.25, 0.3) is 5.91 Å². The van der Waals surface area contributed by atoms with Crippen LogP contribution in [0, 0.1) is 5.82 Å². The topological polar surface area (TPSA) is 62.2 Å². The minimum atomic E-state index is -0.498. The second kappa shape index (κ2) is 6.54. The molecule has 22 heavy (non-hydrogen) atoms. The number of thiazole rings is 1. The van der Waals surface area contributed by atoms with Gasteiger partial charge in [-0.3, -0.25) is 4.79 Å². The number of hydrogen-bond donors (Lipinski definition) is 2. The van der Waals surface area contributed by atoms with E-state index in [2.05, 4.69) is 10.3 Å². The van der Waals surface area contributed by atoms with E-state index in [0.29, 0.717) is 17.0 Å². The van der Waals surface area contributed by atoms with Gasteiger partial charge in [-0.05, 0) is 25.0 Å². The molecule has 3 rings (SSSR count). The number of nitrogens with zero attached hydrogens (tertiary/aromatic N) is 1. The van der Waals surface area contributed by atoms with Crippen molar-refractivity contribution in [1.29, 1.82) is 0 Å². The summed E-state index contributed by atoms with van der Waals surface area (Å²) < 4.78 is 13.7. The normalized spacial score (nSPS) is 21.5. The van der Waals surface area contributed by atoms with Gasteiger partial charge in [0.2, 0.25) is 0 Å². The van der Waals surface area contributed by atoms with Crippen molar-refractivity contribution in [2.45, 2.75) is 37.8 Å². The van der Waals surface area contributed by atoms with Crippen molar-refractivity contribution in [3.63, 3.8) is 0 Å². The van der Waals surface area contributed by atoms with E-state index in [0.717, 1.165) is 19.3 Å². The highest BCUT2D eigenvalue weighted by molar-refractivity contribution is 7.13. The first kappa shape index (κ1) is 15.1. The van der Waals surface area contributed by atoms with Crippen LogP contribution in [0.2, 0.25) is 0 Å². The number of amides is 1. The lowest BCUT2D eigenvalue weighted by Crippen LogP contribution is -2.45. The maximum atomic E-state index is 13.7. The third-order valence-electron chi connectivity index (χ3n) is 3.89. The molecular weight excluding hydrogens is 303 g/mol. The fourth-order valence-electron chi connectivity index (χ4n) is 2.66. The Balaban J connectivity index is 1.73. The SMILES string of the molecule is O=C(NC1CCCCC1O)c1csc(-c2ccccc2F)n1. The quantitative estimate of drug-likeness (QED) is 0.914. The highest BCUT2D eigenvalue weighted by Crippen LogP contribution is 2.26. The Labute approximate surface area is 132 Å². The smallest absolute Gasteiger partial charge is 0.271 e. The van der Waals surface area contributed by atoms with Crippen molar-refractivity contribution in [1.82, 2.24) is 10.3 Å². The van der Waals surface area contributed by atoms with Crippen LogP contribution in [0.1, 0.15) is 36.2 Å². The van der Waals surface area contributed by atoms with Gasteiger partial charge in [-0.15, -0.1) is 11.3 Å². The molecule has 1 heterocycles. The summed E-state index contributed by atoms with van der Waals surface area (Å²) in [7, 11) is 0. The van der Waals surface area contributed by atoms with E-state index >= 15 is 0 Å². The first-order valence-electron chi connectivity index (χ1n) is 7.34. The first-order valence-corrected chi connectivity index (χ1v) is 8.22. The zero-order valence-electron chi connectivity index (χ0n) is 12.0. The lowest BCUT2D eigenvalue weighted by molar-refractivity contribution is 0.0714.